The summed E-state index contributed by atoms with van der Waals surface area (Å²) < 4.78 is 28.4. The molecule has 1 N–H and O–H groups in total. The van der Waals surface area contributed by atoms with Crippen molar-refractivity contribution in [3.63, 3.8) is 0 Å². The number of thioether (sulfide) groups is 1. The van der Waals surface area contributed by atoms with E-state index >= 15 is 0 Å². The van der Waals surface area contributed by atoms with Crippen LogP contribution in [0.3, 0.4) is 0 Å². The number of hydrogen-bond acceptors (Lipinski definition) is 3. The lowest BCUT2D eigenvalue weighted by Gasteiger charge is -2.10. The smallest absolute Gasteiger partial charge is 0.244 e. The highest BCUT2D eigenvalue weighted by molar-refractivity contribution is 7.97. The summed E-state index contributed by atoms with van der Waals surface area (Å²) in [5.74, 6) is -0.451. The van der Waals surface area contributed by atoms with Gasteiger partial charge in [0.05, 0.1) is 22.5 Å². The third-order valence-corrected chi connectivity index (χ3v) is 4.06. The van der Waals surface area contributed by atoms with Crippen molar-refractivity contribution in [1.82, 2.24) is 9.55 Å². The predicted octanol–water partition coefficient (Wildman–Crippen LogP) is 3.82. The minimum Gasteiger partial charge on any atom is -0.322 e. The first-order valence-corrected chi connectivity index (χ1v) is 8.66. The maximum Gasteiger partial charge on any atom is 0.244 e. The molecule has 7 heteroatoms. The molecule has 3 aromatic rings. The zero-order valence-corrected chi connectivity index (χ0v) is 13.7. The molecule has 1 heterocycles. The van der Waals surface area contributed by atoms with E-state index in [9.17, 15) is 13.6 Å². The van der Waals surface area contributed by atoms with Gasteiger partial charge in [-0.2, -0.15) is 11.8 Å². The fraction of sp³-hybridized carbons (Fsp3) is 0.176. The van der Waals surface area contributed by atoms with E-state index in [-0.39, 0.29) is 12.2 Å². The number of rotatable bonds is 5. The van der Waals surface area contributed by atoms with E-state index in [4.69, 9.17) is 0 Å². The van der Waals surface area contributed by atoms with Crippen LogP contribution in [-0.4, -0.2) is 21.7 Å². The number of fused-ring (bicyclic) bond motifs is 1. The number of amides is 1. The van der Waals surface area contributed by atoms with Crippen molar-refractivity contribution in [1.29, 1.82) is 0 Å². The van der Waals surface area contributed by atoms with Gasteiger partial charge in [-0.05, 0) is 30.5 Å². The van der Waals surface area contributed by atoms with Gasteiger partial charge in [0.25, 0.3) is 0 Å². The lowest BCUT2D eigenvalue weighted by Crippen LogP contribution is -2.20. The Labute approximate surface area is 141 Å². The molecular formula is C17H15F2N3OS. The Bertz CT molecular complexity index is 895. The second-order valence-corrected chi connectivity index (χ2v) is 6.07. The summed E-state index contributed by atoms with van der Waals surface area (Å²) >= 11 is 1.60. The van der Waals surface area contributed by atoms with Crippen molar-refractivity contribution in [3.8, 4) is 0 Å². The second-order valence-electron chi connectivity index (χ2n) is 5.21. The van der Waals surface area contributed by atoms with E-state index in [2.05, 4.69) is 10.3 Å². The van der Waals surface area contributed by atoms with Crippen LogP contribution in [0.25, 0.3) is 11.0 Å². The number of para-hydroxylation sites is 2. The third-order valence-electron chi connectivity index (χ3n) is 3.51. The number of carbonyl (C=O) groups excluding carboxylic acids is 1. The molecule has 124 valence electrons. The molecule has 0 saturated carbocycles. The minimum absolute atomic E-state index is 0.00717. The van der Waals surface area contributed by atoms with Gasteiger partial charge < -0.3 is 9.88 Å². The molecule has 0 bridgehead atoms. The summed E-state index contributed by atoms with van der Waals surface area (Å²) in [7, 11) is 0. The van der Waals surface area contributed by atoms with Crippen molar-refractivity contribution < 1.29 is 13.6 Å². The Morgan fingerprint density at radius 3 is 2.79 bits per heavy atom. The molecule has 0 radical (unpaired) electrons. The van der Waals surface area contributed by atoms with Crippen LogP contribution in [0, 0.1) is 11.6 Å². The van der Waals surface area contributed by atoms with E-state index < -0.39 is 17.5 Å². The summed E-state index contributed by atoms with van der Waals surface area (Å²) in [5.41, 5.74) is 1.61. The van der Waals surface area contributed by atoms with E-state index in [1.54, 1.807) is 11.8 Å². The molecule has 0 aliphatic rings. The molecule has 0 aliphatic carbocycles. The van der Waals surface area contributed by atoms with Crippen LogP contribution in [0.4, 0.5) is 14.5 Å². The van der Waals surface area contributed by atoms with Gasteiger partial charge in [-0.1, -0.05) is 12.1 Å². The van der Waals surface area contributed by atoms with Crippen molar-refractivity contribution >= 4 is 34.4 Å². The van der Waals surface area contributed by atoms with Crippen LogP contribution in [0.1, 0.15) is 5.82 Å². The number of anilines is 1. The zero-order chi connectivity index (χ0) is 17.1. The average Bonchev–Trinajstić information content (AvgIpc) is 2.88. The molecule has 0 atom stereocenters. The topological polar surface area (TPSA) is 46.9 Å². The molecule has 0 saturated heterocycles. The Morgan fingerprint density at radius 2 is 2.04 bits per heavy atom. The molecule has 0 spiro atoms. The summed E-state index contributed by atoms with van der Waals surface area (Å²) in [6.45, 7) is 0.00717. The first-order chi connectivity index (χ1) is 11.6. The maximum atomic E-state index is 13.7. The van der Waals surface area contributed by atoms with Gasteiger partial charge in [0.1, 0.15) is 24.0 Å². The van der Waals surface area contributed by atoms with Gasteiger partial charge in [0.2, 0.25) is 5.91 Å². The van der Waals surface area contributed by atoms with Crippen LogP contribution in [-0.2, 0) is 17.1 Å². The number of aromatic nitrogens is 2. The summed E-state index contributed by atoms with van der Waals surface area (Å²) in [5, 5.41) is 2.47. The first-order valence-electron chi connectivity index (χ1n) is 7.26. The van der Waals surface area contributed by atoms with Gasteiger partial charge in [0, 0.05) is 6.07 Å². The number of nitrogens with one attached hydrogen (secondary N) is 1. The SMILES string of the molecule is CSCc1nc2ccccc2n1CC(=O)Nc1ccc(F)cc1F. The zero-order valence-electron chi connectivity index (χ0n) is 12.9. The lowest BCUT2D eigenvalue weighted by atomic mass is 10.3. The highest BCUT2D eigenvalue weighted by Gasteiger charge is 2.14. The number of carbonyl (C=O) groups is 1. The molecular weight excluding hydrogens is 332 g/mol. The second kappa shape index (κ2) is 7.00. The number of imidazole rings is 1. The summed E-state index contributed by atoms with van der Waals surface area (Å²) in [4.78, 5) is 16.8. The van der Waals surface area contributed by atoms with Crippen molar-refractivity contribution in [2.45, 2.75) is 12.3 Å². The van der Waals surface area contributed by atoms with Gasteiger partial charge in [0.15, 0.2) is 0 Å². The molecule has 3 rings (SSSR count). The summed E-state index contributed by atoms with van der Waals surface area (Å²) in [6.07, 6.45) is 1.96. The quantitative estimate of drug-likeness (QED) is 0.763. The van der Waals surface area contributed by atoms with E-state index in [0.717, 1.165) is 29.0 Å². The highest BCUT2D eigenvalue weighted by atomic mass is 32.2. The van der Waals surface area contributed by atoms with Crippen LogP contribution < -0.4 is 5.32 Å². The molecule has 4 nitrogen and oxygen atoms in total. The standard InChI is InChI=1S/C17H15F2N3OS/c1-24-10-16-20-14-4-2-3-5-15(14)22(16)9-17(23)21-13-7-6-11(18)8-12(13)19/h2-8H,9-10H2,1H3,(H,21,23). The van der Waals surface area contributed by atoms with Crippen molar-refractivity contribution in [2.24, 2.45) is 0 Å². The average molecular weight is 347 g/mol. The minimum atomic E-state index is -0.803. The fourth-order valence-corrected chi connectivity index (χ4v) is 2.94. The monoisotopic (exact) mass is 347 g/mol. The fourth-order valence-electron chi connectivity index (χ4n) is 2.47. The van der Waals surface area contributed by atoms with E-state index in [1.807, 2.05) is 35.1 Å². The van der Waals surface area contributed by atoms with Crippen LogP contribution in [0.2, 0.25) is 0 Å². The van der Waals surface area contributed by atoms with Gasteiger partial charge in [-0.15, -0.1) is 0 Å². The molecule has 1 aromatic heterocycles. The van der Waals surface area contributed by atoms with Crippen molar-refractivity contribution in [3.05, 3.63) is 59.9 Å². The normalized spacial score (nSPS) is 11.0. The molecule has 24 heavy (non-hydrogen) atoms. The third kappa shape index (κ3) is 3.41. The van der Waals surface area contributed by atoms with Crippen molar-refractivity contribution in [2.75, 3.05) is 11.6 Å². The van der Waals surface area contributed by atoms with Gasteiger partial charge >= 0.3 is 0 Å². The predicted molar refractivity (Wildman–Crippen MR) is 91.9 cm³/mol. The number of halogens is 2. The van der Waals surface area contributed by atoms with Crippen LogP contribution in [0.5, 0.6) is 0 Å². The van der Waals surface area contributed by atoms with Crippen LogP contribution in [0.15, 0.2) is 42.5 Å². The van der Waals surface area contributed by atoms with Gasteiger partial charge in [-0.25, -0.2) is 13.8 Å². The number of benzene rings is 2. The molecule has 1 amide bonds. The molecule has 0 unspecified atom stereocenters. The Hall–Kier alpha value is -2.41. The Morgan fingerprint density at radius 1 is 1.25 bits per heavy atom. The maximum absolute atomic E-state index is 13.7. The highest BCUT2D eigenvalue weighted by Crippen LogP contribution is 2.20. The Balaban J connectivity index is 1.85. The molecule has 0 aliphatic heterocycles. The Kier molecular flexibility index (Phi) is 4.80. The first kappa shape index (κ1) is 16.4. The van der Waals surface area contributed by atoms with Crippen LogP contribution >= 0.6 is 11.8 Å². The van der Waals surface area contributed by atoms with E-state index in [1.165, 1.54) is 6.07 Å². The number of hydrogen-bond donors (Lipinski definition) is 1. The molecule has 0 fully saturated rings. The van der Waals surface area contributed by atoms with E-state index in [0.29, 0.717) is 5.75 Å². The molecule has 2 aromatic carbocycles. The number of nitrogens with zero attached hydrogens (tertiary/aromatic N) is 2. The van der Waals surface area contributed by atoms with Gasteiger partial charge in [-0.3, -0.25) is 4.79 Å². The summed E-state index contributed by atoms with van der Waals surface area (Å²) in [6, 6.07) is 10.6. The largest absolute Gasteiger partial charge is 0.322 e. The lowest BCUT2D eigenvalue weighted by molar-refractivity contribution is -0.116.